The fourth-order valence-corrected chi connectivity index (χ4v) is 3.70. The van der Waals surface area contributed by atoms with Gasteiger partial charge in [-0.05, 0) is 68.6 Å². The average molecular weight is 450 g/mol. The van der Waals surface area contributed by atoms with Crippen molar-refractivity contribution in [3.05, 3.63) is 57.0 Å². The lowest BCUT2D eigenvalue weighted by Gasteiger charge is -2.12. The van der Waals surface area contributed by atoms with Gasteiger partial charge in [0.1, 0.15) is 0 Å². The molecule has 0 aliphatic heterocycles. The lowest BCUT2D eigenvalue weighted by Crippen LogP contribution is -2.07. The SMILES string of the molecule is Cc1cc(Br)c(Nc2nc(N)nc(Nc3ccccc3)n2)c(Br)c1. The highest BCUT2D eigenvalue weighted by atomic mass is 79.9. The zero-order chi connectivity index (χ0) is 17.1. The zero-order valence-corrected chi connectivity index (χ0v) is 15.9. The van der Waals surface area contributed by atoms with Crippen LogP contribution in [0.15, 0.2) is 51.4 Å². The Hall–Kier alpha value is -2.19. The van der Waals surface area contributed by atoms with Gasteiger partial charge in [-0.15, -0.1) is 0 Å². The largest absolute Gasteiger partial charge is 0.368 e. The lowest BCUT2D eigenvalue weighted by molar-refractivity contribution is 1.07. The van der Waals surface area contributed by atoms with E-state index in [0.29, 0.717) is 11.9 Å². The van der Waals surface area contributed by atoms with Crippen LogP contribution in [0.5, 0.6) is 0 Å². The summed E-state index contributed by atoms with van der Waals surface area (Å²) in [4.78, 5) is 12.6. The molecule has 24 heavy (non-hydrogen) atoms. The molecule has 4 N–H and O–H groups in total. The first-order valence-electron chi connectivity index (χ1n) is 7.07. The highest BCUT2D eigenvalue weighted by molar-refractivity contribution is 9.11. The average Bonchev–Trinajstić information content (AvgIpc) is 2.51. The Balaban J connectivity index is 1.89. The predicted octanol–water partition coefficient (Wildman–Crippen LogP) is 4.77. The lowest BCUT2D eigenvalue weighted by atomic mass is 10.2. The second-order valence-electron chi connectivity index (χ2n) is 5.06. The van der Waals surface area contributed by atoms with E-state index >= 15 is 0 Å². The van der Waals surface area contributed by atoms with Crippen LogP contribution >= 0.6 is 31.9 Å². The van der Waals surface area contributed by atoms with Crippen molar-refractivity contribution in [3.8, 4) is 0 Å². The third kappa shape index (κ3) is 4.01. The van der Waals surface area contributed by atoms with Crippen molar-refractivity contribution in [1.29, 1.82) is 0 Å². The van der Waals surface area contributed by atoms with Crippen LogP contribution in [0.3, 0.4) is 0 Å². The van der Waals surface area contributed by atoms with Gasteiger partial charge in [0.15, 0.2) is 0 Å². The van der Waals surface area contributed by atoms with E-state index in [2.05, 4.69) is 57.4 Å². The van der Waals surface area contributed by atoms with Crippen molar-refractivity contribution in [2.24, 2.45) is 0 Å². The predicted molar refractivity (Wildman–Crippen MR) is 104 cm³/mol. The van der Waals surface area contributed by atoms with Crippen molar-refractivity contribution in [2.45, 2.75) is 6.92 Å². The van der Waals surface area contributed by atoms with Gasteiger partial charge in [0.05, 0.1) is 5.69 Å². The molecular weight excluding hydrogens is 436 g/mol. The summed E-state index contributed by atoms with van der Waals surface area (Å²) in [6, 6.07) is 13.6. The molecule has 0 aliphatic rings. The number of hydrogen-bond acceptors (Lipinski definition) is 6. The molecule has 0 fully saturated rings. The van der Waals surface area contributed by atoms with Gasteiger partial charge in [0.2, 0.25) is 17.8 Å². The Labute approximate surface area is 156 Å². The van der Waals surface area contributed by atoms with E-state index < -0.39 is 0 Å². The van der Waals surface area contributed by atoms with E-state index in [1.54, 1.807) is 0 Å². The quantitative estimate of drug-likeness (QED) is 0.531. The number of aromatic nitrogens is 3. The van der Waals surface area contributed by atoms with Crippen molar-refractivity contribution in [1.82, 2.24) is 15.0 Å². The summed E-state index contributed by atoms with van der Waals surface area (Å²) in [5.41, 5.74) is 8.61. The Kier molecular flexibility index (Phi) is 4.96. The van der Waals surface area contributed by atoms with Crippen molar-refractivity contribution < 1.29 is 0 Å². The summed E-state index contributed by atoms with van der Waals surface area (Å²) in [5, 5.41) is 6.26. The van der Waals surface area contributed by atoms with Crippen LogP contribution < -0.4 is 16.4 Å². The van der Waals surface area contributed by atoms with Gasteiger partial charge in [-0.2, -0.15) is 15.0 Å². The molecule has 1 heterocycles. The molecule has 0 radical (unpaired) electrons. The van der Waals surface area contributed by atoms with E-state index in [9.17, 15) is 0 Å². The van der Waals surface area contributed by atoms with Crippen molar-refractivity contribution in [3.63, 3.8) is 0 Å². The third-order valence-electron chi connectivity index (χ3n) is 3.11. The normalized spacial score (nSPS) is 10.5. The fourth-order valence-electron chi connectivity index (χ4n) is 2.09. The van der Waals surface area contributed by atoms with Gasteiger partial charge in [-0.1, -0.05) is 18.2 Å². The van der Waals surface area contributed by atoms with Gasteiger partial charge in [-0.25, -0.2) is 0 Å². The van der Waals surface area contributed by atoms with Crippen LogP contribution in [0, 0.1) is 6.92 Å². The molecule has 3 rings (SSSR count). The van der Waals surface area contributed by atoms with E-state index in [-0.39, 0.29) is 5.95 Å². The smallest absolute Gasteiger partial charge is 0.233 e. The number of hydrogen-bond donors (Lipinski definition) is 3. The number of benzene rings is 2. The molecule has 0 unspecified atom stereocenters. The van der Waals surface area contributed by atoms with Crippen molar-refractivity contribution in [2.75, 3.05) is 16.4 Å². The first kappa shape index (κ1) is 16.7. The molecule has 2 aromatic carbocycles. The number of nitrogen functional groups attached to an aromatic ring is 1. The molecule has 0 saturated carbocycles. The fraction of sp³-hybridized carbons (Fsp3) is 0.0625. The Bertz CT molecular complexity index is 847. The number of nitrogens with two attached hydrogens (primary N) is 1. The highest BCUT2D eigenvalue weighted by Crippen LogP contribution is 2.34. The second kappa shape index (κ2) is 7.14. The van der Waals surface area contributed by atoms with Gasteiger partial charge in [-0.3, -0.25) is 0 Å². The van der Waals surface area contributed by atoms with E-state index in [1.165, 1.54) is 0 Å². The van der Waals surface area contributed by atoms with Crippen LogP contribution in [0.25, 0.3) is 0 Å². The minimum atomic E-state index is 0.130. The molecule has 6 nitrogen and oxygen atoms in total. The van der Waals surface area contributed by atoms with Crippen molar-refractivity contribution >= 4 is 61.1 Å². The maximum absolute atomic E-state index is 5.80. The van der Waals surface area contributed by atoms with Gasteiger partial charge in [0.25, 0.3) is 0 Å². The number of aryl methyl sites for hydroxylation is 1. The number of halogens is 2. The number of anilines is 5. The van der Waals surface area contributed by atoms with Crippen LogP contribution in [0.2, 0.25) is 0 Å². The number of nitrogens with one attached hydrogen (secondary N) is 2. The molecule has 0 bridgehead atoms. The minimum Gasteiger partial charge on any atom is -0.368 e. The number of rotatable bonds is 4. The number of para-hydroxylation sites is 1. The summed E-state index contributed by atoms with van der Waals surface area (Å²) in [5.74, 6) is 0.854. The van der Waals surface area contributed by atoms with Crippen LogP contribution in [0.1, 0.15) is 5.56 Å². The molecular formula is C16H14Br2N6. The first-order chi connectivity index (χ1) is 11.5. The highest BCUT2D eigenvalue weighted by Gasteiger charge is 2.10. The summed E-state index contributed by atoms with van der Waals surface area (Å²) in [6.45, 7) is 2.02. The summed E-state index contributed by atoms with van der Waals surface area (Å²) >= 11 is 7.07. The Morgan fingerprint density at radius 2 is 1.46 bits per heavy atom. The van der Waals surface area contributed by atoms with Gasteiger partial charge < -0.3 is 16.4 Å². The Morgan fingerprint density at radius 3 is 2.08 bits per heavy atom. The van der Waals surface area contributed by atoms with E-state index in [1.807, 2.05) is 49.4 Å². The van der Waals surface area contributed by atoms with E-state index in [0.717, 1.165) is 25.9 Å². The molecule has 122 valence electrons. The molecule has 1 aromatic heterocycles. The zero-order valence-electron chi connectivity index (χ0n) is 12.7. The molecule has 8 heteroatoms. The molecule has 0 atom stereocenters. The van der Waals surface area contributed by atoms with Gasteiger partial charge in [0, 0.05) is 14.6 Å². The maximum atomic E-state index is 5.80. The summed E-state index contributed by atoms with van der Waals surface area (Å²) < 4.78 is 1.79. The molecule has 0 aliphatic carbocycles. The third-order valence-corrected chi connectivity index (χ3v) is 4.36. The molecule has 3 aromatic rings. The van der Waals surface area contributed by atoms with Gasteiger partial charge >= 0.3 is 0 Å². The first-order valence-corrected chi connectivity index (χ1v) is 8.66. The molecule has 0 saturated heterocycles. The standard InChI is InChI=1S/C16H14Br2N6/c1-9-7-11(17)13(12(18)8-9)21-16-23-14(19)22-15(24-16)20-10-5-3-2-4-6-10/h2-8H,1H3,(H4,19,20,21,22,23,24). The van der Waals surface area contributed by atoms with Crippen LogP contribution in [-0.2, 0) is 0 Å². The minimum absolute atomic E-state index is 0.130. The second-order valence-corrected chi connectivity index (χ2v) is 6.77. The number of nitrogens with zero attached hydrogens (tertiary/aromatic N) is 3. The van der Waals surface area contributed by atoms with Crippen LogP contribution in [-0.4, -0.2) is 15.0 Å². The molecule has 0 amide bonds. The van der Waals surface area contributed by atoms with Crippen LogP contribution in [0.4, 0.5) is 29.2 Å². The maximum Gasteiger partial charge on any atom is 0.233 e. The summed E-state index contributed by atoms with van der Waals surface area (Å²) in [7, 11) is 0. The Morgan fingerprint density at radius 1 is 0.875 bits per heavy atom. The monoisotopic (exact) mass is 448 g/mol. The molecule has 0 spiro atoms. The topological polar surface area (TPSA) is 88.8 Å². The van der Waals surface area contributed by atoms with E-state index in [4.69, 9.17) is 5.73 Å². The summed E-state index contributed by atoms with van der Waals surface area (Å²) in [6.07, 6.45) is 0.